The number of aliphatic imine (C=N–C) groups is 1. The van der Waals surface area contributed by atoms with Crippen LogP contribution in [0.4, 0.5) is 5.13 Å². The molecule has 1 aliphatic heterocycles. The van der Waals surface area contributed by atoms with Crippen LogP contribution < -0.4 is 15.5 Å². The summed E-state index contributed by atoms with van der Waals surface area (Å²) in [5, 5.41) is 10.1. The monoisotopic (exact) mass is 535 g/mol. The van der Waals surface area contributed by atoms with E-state index in [0.717, 1.165) is 38.6 Å². The van der Waals surface area contributed by atoms with E-state index in [1.165, 1.54) is 62.2 Å². The molecule has 1 saturated carbocycles. The normalized spacial score (nSPS) is 18.4. The fourth-order valence-corrected chi connectivity index (χ4v) is 4.81. The van der Waals surface area contributed by atoms with Crippen LogP contribution in [0.1, 0.15) is 64.0 Å². The molecule has 1 aliphatic carbocycles. The number of hydrogen-bond donors (Lipinski definition) is 2. The molecule has 2 fully saturated rings. The third-order valence-corrected chi connectivity index (χ3v) is 6.40. The van der Waals surface area contributed by atoms with Gasteiger partial charge in [0.15, 0.2) is 11.1 Å². The summed E-state index contributed by atoms with van der Waals surface area (Å²) in [6.45, 7) is 7.55. The molecule has 166 valence electrons. The molecule has 1 saturated heterocycles. The van der Waals surface area contributed by atoms with E-state index in [0.29, 0.717) is 19.3 Å². The first-order chi connectivity index (χ1) is 13.8. The van der Waals surface area contributed by atoms with Crippen molar-refractivity contribution in [3.63, 3.8) is 0 Å². The van der Waals surface area contributed by atoms with Crippen LogP contribution in [-0.2, 0) is 11.2 Å². The summed E-state index contributed by atoms with van der Waals surface area (Å²) >= 11 is 1.77. The van der Waals surface area contributed by atoms with Crippen LogP contribution >= 0.6 is 35.3 Å². The van der Waals surface area contributed by atoms with Crippen molar-refractivity contribution in [3.8, 4) is 0 Å². The summed E-state index contributed by atoms with van der Waals surface area (Å²) in [5.41, 5.74) is 1.17. The standard InChI is InChI=1S/C21H37N5OS.HI/c1-2-22-20(24-13-16-27-19-9-5-3-4-6-10-19)23-12-11-18-17-28-21(25-18)26-14-7-8-15-26;/h17,19H,2-16H2,1H3,(H2,22,23,24);1H. The number of nitrogens with one attached hydrogen (secondary N) is 2. The van der Waals surface area contributed by atoms with E-state index < -0.39 is 0 Å². The number of guanidine groups is 1. The number of thiazole rings is 1. The van der Waals surface area contributed by atoms with Gasteiger partial charge in [-0.2, -0.15) is 0 Å². The van der Waals surface area contributed by atoms with E-state index in [1.54, 1.807) is 11.3 Å². The summed E-state index contributed by atoms with van der Waals surface area (Å²) in [4.78, 5) is 11.9. The van der Waals surface area contributed by atoms with Gasteiger partial charge in [-0.25, -0.2) is 4.98 Å². The van der Waals surface area contributed by atoms with Gasteiger partial charge >= 0.3 is 0 Å². The minimum absolute atomic E-state index is 0. The third kappa shape index (κ3) is 8.96. The lowest BCUT2D eigenvalue weighted by atomic mass is 10.1. The molecule has 1 aromatic rings. The Morgan fingerprint density at radius 1 is 1.17 bits per heavy atom. The molecule has 0 bridgehead atoms. The van der Waals surface area contributed by atoms with E-state index in [9.17, 15) is 0 Å². The highest BCUT2D eigenvalue weighted by Gasteiger charge is 2.15. The minimum Gasteiger partial charge on any atom is -0.376 e. The van der Waals surface area contributed by atoms with Gasteiger partial charge in [-0.15, -0.1) is 35.3 Å². The molecule has 0 atom stereocenters. The van der Waals surface area contributed by atoms with Gasteiger partial charge in [-0.05, 0) is 32.6 Å². The molecule has 29 heavy (non-hydrogen) atoms. The number of halogens is 1. The lowest BCUT2D eigenvalue weighted by molar-refractivity contribution is 0.0487. The van der Waals surface area contributed by atoms with Crippen LogP contribution in [0.2, 0.25) is 0 Å². The highest BCUT2D eigenvalue weighted by Crippen LogP contribution is 2.24. The summed E-state index contributed by atoms with van der Waals surface area (Å²) < 4.78 is 6.04. The lowest BCUT2D eigenvalue weighted by Gasteiger charge is -2.15. The molecular formula is C21H38IN5OS. The Balaban J connectivity index is 0.00000300. The molecule has 0 unspecified atom stereocenters. The van der Waals surface area contributed by atoms with Crippen LogP contribution in [0, 0.1) is 0 Å². The van der Waals surface area contributed by atoms with Gasteiger partial charge < -0.3 is 20.3 Å². The molecule has 3 rings (SSSR count). The number of nitrogens with zero attached hydrogens (tertiary/aromatic N) is 3. The largest absolute Gasteiger partial charge is 0.376 e. The molecule has 6 nitrogen and oxygen atoms in total. The molecule has 1 aromatic heterocycles. The molecule has 2 heterocycles. The molecular weight excluding hydrogens is 497 g/mol. The average Bonchev–Trinajstić information content (AvgIpc) is 3.33. The van der Waals surface area contributed by atoms with Crippen LogP contribution in [0.15, 0.2) is 10.4 Å². The molecule has 2 N–H and O–H groups in total. The Morgan fingerprint density at radius 3 is 2.66 bits per heavy atom. The number of anilines is 1. The fraction of sp³-hybridized carbons (Fsp3) is 0.810. The molecule has 8 heteroatoms. The first-order valence-corrected chi connectivity index (χ1v) is 12.1. The smallest absolute Gasteiger partial charge is 0.191 e. The quantitative estimate of drug-likeness (QED) is 0.163. The molecule has 0 spiro atoms. The number of hydrogen-bond acceptors (Lipinski definition) is 5. The SMILES string of the molecule is CCNC(=NCCOC1CCCCCC1)NCCc1csc(N2CCCC2)n1.I. The lowest BCUT2D eigenvalue weighted by Crippen LogP contribution is -2.38. The Bertz CT molecular complexity index is 583. The topological polar surface area (TPSA) is 61.8 Å². The zero-order valence-electron chi connectivity index (χ0n) is 17.8. The van der Waals surface area contributed by atoms with Crippen molar-refractivity contribution in [2.24, 2.45) is 4.99 Å². The first-order valence-electron chi connectivity index (χ1n) is 11.2. The zero-order chi connectivity index (χ0) is 19.4. The third-order valence-electron chi connectivity index (χ3n) is 5.45. The average molecular weight is 536 g/mol. The summed E-state index contributed by atoms with van der Waals surface area (Å²) in [7, 11) is 0. The van der Waals surface area contributed by atoms with Crippen molar-refractivity contribution >= 4 is 46.4 Å². The molecule has 0 radical (unpaired) electrons. The minimum atomic E-state index is 0. The maximum absolute atomic E-state index is 6.04. The zero-order valence-corrected chi connectivity index (χ0v) is 21.0. The molecule has 2 aliphatic rings. The summed E-state index contributed by atoms with van der Waals surface area (Å²) in [5.74, 6) is 0.877. The molecule has 0 amide bonds. The Morgan fingerprint density at radius 2 is 1.93 bits per heavy atom. The van der Waals surface area contributed by atoms with E-state index in [-0.39, 0.29) is 24.0 Å². The first kappa shape index (κ1) is 24.7. The van der Waals surface area contributed by atoms with Crippen molar-refractivity contribution in [1.29, 1.82) is 0 Å². The van der Waals surface area contributed by atoms with E-state index >= 15 is 0 Å². The second-order valence-corrected chi connectivity index (χ2v) is 8.57. The predicted octanol–water partition coefficient (Wildman–Crippen LogP) is 4.20. The summed E-state index contributed by atoms with van der Waals surface area (Å²) in [6.07, 6.45) is 11.8. The van der Waals surface area contributed by atoms with Crippen molar-refractivity contribution in [3.05, 3.63) is 11.1 Å². The van der Waals surface area contributed by atoms with Gasteiger partial charge in [0.05, 0.1) is 24.9 Å². The fourth-order valence-electron chi connectivity index (χ4n) is 3.90. The summed E-state index contributed by atoms with van der Waals surface area (Å²) in [6, 6.07) is 0. The van der Waals surface area contributed by atoms with Crippen molar-refractivity contribution < 1.29 is 4.74 Å². The number of rotatable bonds is 9. The van der Waals surface area contributed by atoms with Gasteiger partial charge in [0.2, 0.25) is 0 Å². The van der Waals surface area contributed by atoms with Gasteiger partial charge in [0.25, 0.3) is 0 Å². The second kappa shape index (κ2) is 14.4. The highest BCUT2D eigenvalue weighted by molar-refractivity contribution is 14.0. The van der Waals surface area contributed by atoms with Gasteiger partial charge in [0.1, 0.15) is 0 Å². The highest BCUT2D eigenvalue weighted by atomic mass is 127. The number of ether oxygens (including phenoxy) is 1. The maximum Gasteiger partial charge on any atom is 0.191 e. The van der Waals surface area contributed by atoms with Gasteiger partial charge in [-0.1, -0.05) is 25.7 Å². The van der Waals surface area contributed by atoms with Crippen molar-refractivity contribution in [2.75, 3.05) is 44.2 Å². The van der Waals surface area contributed by atoms with Gasteiger partial charge in [0, 0.05) is 38.0 Å². The van der Waals surface area contributed by atoms with Crippen LogP contribution in [0.25, 0.3) is 0 Å². The van der Waals surface area contributed by atoms with Gasteiger partial charge in [-0.3, -0.25) is 4.99 Å². The predicted molar refractivity (Wildman–Crippen MR) is 134 cm³/mol. The van der Waals surface area contributed by atoms with Crippen molar-refractivity contribution in [1.82, 2.24) is 15.6 Å². The Labute approximate surface area is 197 Å². The van der Waals surface area contributed by atoms with E-state index in [2.05, 4.69) is 32.8 Å². The van der Waals surface area contributed by atoms with Crippen molar-refractivity contribution in [2.45, 2.75) is 70.8 Å². The van der Waals surface area contributed by atoms with E-state index in [4.69, 9.17) is 9.72 Å². The number of aromatic nitrogens is 1. The van der Waals surface area contributed by atoms with E-state index in [1.807, 2.05) is 0 Å². The Hall–Kier alpha value is -0.610. The van der Waals surface area contributed by atoms with Crippen LogP contribution in [-0.4, -0.2) is 56.4 Å². The maximum atomic E-state index is 6.04. The Kier molecular flexibility index (Phi) is 12.2. The second-order valence-electron chi connectivity index (χ2n) is 7.74. The van der Waals surface area contributed by atoms with Crippen LogP contribution in [0.3, 0.4) is 0 Å². The molecule has 0 aromatic carbocycles. The van der Waals surface area contributed by atoms with Crippen LogP contribution in [0.5, 0.6) is 0 Å².